The molecule has 0 aromatic heterocycles. The highest BCUT2D eigenvalue weighted by molar-refractivity contribution is 7.89. The van der Waals surface area contributed by atoms with E-state index in [9.17, 15) is 13.2 Å². The van der Waals surface area contributed by atoms with Crippen LogP contribution in [0, 0.1) is 0 Å². The molecule has 6 nitrogen and oxygen atoms in total. The quantitative estimate of drug-likeness (QED) is 0.792. The van der Waals surface area contributed by atoms with Crippen molar-refractivity contribution in [1.29, 1.82) is 0 Å². The van der Waals surface area contributed by atoms with E-state index >= 15 is 0 Å². The van der Waals surface area contributed by atoms with Crippen molar-refractivity contribution in [2.45, 2.75) is 4.90 Å². The van der Waals surface area contributed by atoms with Gasteiger partial charge >= 0.3 is 0 Å². The summed E-state index contributed by atoms with van der Waals surface area (Å²) in [5, 5.41) is 0.452. The molecule has 0 radical (unpaired) electrons. The van der Waals surface area contributed by atoms with Gasteiger partial charge in [0.15, 0.2) is 0 Å². The second-order valence-electron chi connectivity index (χ2n) is 5.60. The number of rotatable bonds is 4. The Hall–Kier alpha value is -0.860. The molecule has 1 aliphatic rings. The molecule has 0 atom stereocenters. The van der Waals surface area contributed by atoms with E-state index in [4.69, 9.17) is 23.2 Å². The van der Waals surface area contributed by atoms with Crippen LogP contribution in [0.15, 0.2) is 23.1 Å². The first-order valence-electron chi connectivity index (χ1n) is 7.09. The summed E-state index contributed by atoms with van der Waals surface area (Å²) in [6, 6.07) is 4.36. The molecule has 1 aliphatic heterocycles. The molecule has 23 heavy (non-hydrogen) atoms. The van der Waals surface area contributed by atoms with Crippen molar-refractivity contribution in [2.75, 3.05) is 46.8 Å². The Balaban J connectivity index is 2.10. The van der Waals surface area contributed by atoms with E-state index in [2.05, 4.69) is 0 Å². The Bertz CT molecular complexity index is 687. The van der Waals surface area contributed by atoms with Gasteiger partial charge in [0, 0.05) is 31.2 Å². The van der Waals surface area contributed by atoms with Crippen molar-refractivity contribution in [3.63, 3.8) is 0 Å². The Morgan fingerprint density at radius 2 is 1.78 bits per heavy atom. The van der Waals surface area contributed by atoms with Gasteiger partial charge in [-0.2, -0.15) is 4.31 Å². The summed E-state index contributed by atoms with van der Waals surface area (Å²) in [5.41, 5.74) is 0. The molecule has 1 amide bonds. The average Bonchev–Trinajstić information content (AvgIpc) is 2.49. The summed E-state index contributed by atoms with van der Waals surface area (Å²) in [5.74, 6) is -0.00663. The molecule has 1 aromatic rings. The molecular weight excluding hydrogens is 361 g/mol. The number of nitrogens with zero attached hydrogens (tertiary/aromatic N) is 3. The molecule has 1 heterocycles. The third-order valence-electron chi connectivity index (χ3n) is 3.55. The van der Waals surface area contributed by atoms with Gasteiger partial charge in [-0.05, 0) is 32.3 Å². The van der Waals surface area contributed by atoms with Crippen molar-refractivity contribution in [3.05, 3.63) is 28.2 Å². The van der Waals surface area contributed by atoms with Gasteiger partial charge in [-0.25, -0.2) is 8.42 Å². The maximum Gasteiger partial charge on any atom is 0.244 e. The van der Waals surface area contributed by atoms with Crippen LogP contribution in [0.1, 0.15) is 0 Å². The second-order valence-corrected chi connectivity index (χ2v) is 8.35. The van der Waals surface area contributed by atoms with Crippen LogP contribution >= 0.6 is 23.2 Å². The number of carbonyl (C=O) groups is 1. The number of carbonyl (C=O) groups excluding carboxylic acids is 1. The highest BCUT2D eigenvalue weighted by Crippen LogP contribution is 2.28. The molecule has 0 spiro atoms. The summed E-state index contributed by atoms with van der Waals surface area (Å²) >= 11 is 11.9. The number of benzene rings is 1. The number of amides is 1. The molecule has 0 aliphatic carbocycles. The van der Waals surface area contributed by atoms with Crippen LogP contribution < -0.4 is 0 Å². The number of sulfonamides is 1. The lowest BCUT2D eigenvalue weighted by atomic mass is 10.3. The molecule has 1 fully saturated rings. The zero-order chi connectivity index (χ0) is 17.2. The predicted octanol–water partition coefficient (Wildman–Crippen LogP) is 1.39. The fourth-order valence-electron chi connectivity index (χ4n) is 2.36. The first-order chi connectivity index (χ1) is 10.7. The van der Waals surface area contributed by atoms with Crippen LogP contribution in [0.4, 0.5) is 0 Å². The molecule has 1 saturated heterocycles. The number of halogens is 2. The van der Waals surface area contributed by atoms with Crippen molar-refractivity contribution < 1.29 is 13.2 Å². The van der Waals surface area contributed by atoms with Gasteiger partial charge in [0.05, 0.1) is 11.6 Å². The Labute approximate surface area is 146 Å². The van der Waals surface area contributed by atoms with Crippen LogP contribution in [0.25, 0.3) is 0 Å². The van der Waals surface area contributed by atoms with Crippen molar-refractivity contribution in [2.24, 2.45) is 0 Å². The van der Waals surface area contributed by atoms with Gasteiger partial charge in [-0.1, -0.05) is 23.2 Å². The maximum atomic E-state index is 12.7. The van der Waals surface area contributed by atoms with E-state index < -0.39 is 10.0 Å². The van der Waals surface area contributed by atoms with E-state index in [-0.39, 0.29) is 28.9 Å². The summed E-state index contributed by atoms with van der Waals surface area (Å²) in [6.07, 6.45) is 0. The van der Waals surface area contributed by atoms with Gasteiger partial charge in [-0.15, -0.1) is 0 Å². The second kappa shape index (κ2) is 7.36. The molecule has 1 aromatic carbocycles. The molecule has 0 N–H and O–H groups in total. The van der Waals surface area contributed by atoms with Crippen LogP contribution in [0.2, 0.25) is 10.0 Å². The van der Waals surface area contributed by atoms with Crippen LogP contribution in [0.5, 0.6) is 0 Å². The lowest BCUT2D eigenvalue weighted by Crippen LogP contribution is -2.52. The SMILES string of the molecule is CN(C)CC(=O)N1CCN(S(=O)(=O)c2cc(Cl)ccc2Cl)CC1. The van der Waals surface area contributed by atoms with Gasteiger partial charge in [0.25, 0.3) is 0 Å². The fraction of sp³-hybridized carbons (Fsp3) is 0.500. The fourth-order valence-corrected chi connectivity index (χ4v) is 4.52. The summed E-state index contributed by atoms with van der Waals surface area (Å²) in [6.45, 7) is 1.52. The zero-order valence-corrected chi connectivity index (χ0v) is 15.3. The summed E-state index contributed by atoms with van der Waals surface area (Å²) in [7, 11) is -0.0804. The van der Waals surface area contributed by atoms with Gasteiger partial charge in [0.2, 0.25) is 15.9 Å². The normalized spacial score (nSPS) is 16.8. The van der Waals surface area contributed by atoms with Crippen LogP contribution in [0.3, 0.4) is 0 Å². The van der Waals surface area contributed by atoms with Crippen molar-refractivity contribution in [1.82, 2.24) is 14.1 Å². The van der Waals surface area contributed by atoms with E-state index in [0.717, 1.165) is 0 Å². The average molecular weight is 380 g/mol. The number of likely N-dealkylation sites (N-methyl/N-ethyl adjacent to an activating group) is 1. The minimum Gasteiger partial charge on any atom is -0.339 e. The van der Waals surface area contributed by atoms with Gasteiger partial charge < -0.3 is 9.80 Å². The van der Waals surface area contributed by atoms with Crippen molar-refractivity contribution in [3.8, 4) is 0 Å². The maximum absolute atomic E-state index is 12.7. The van der Waals surface area contributed by atoms with Crippen LogP contribution in [-0.4, -0.2) is 75.2 Å². The van der Waals surface area contributed by atoms with E-state index in [0.29, 0.717) is 24.7 Å². The van der Waals surface area contributed by atoms with Gasteiger partial charge in [-0.3, -0.25) is 4.79 Å². The largest absolute Gasteiger partial charge is 0.339 e. The molecule has 128 valence electrons. The number of hydrogen-bond acceptors (Lipinski definition) is 4. The van der Waals surface area contributed by atoms with E-state index in [1.807, 2.05) is 14.1 Å². The third kappa shape index (κ3) is 4.36. The predicted molar refractivity (Wildman–Crippen MR) is 90.4 cm³/mol. The molecular formula is C14H19Cl2N3O3S. The minimum absolute atomic E-state index is 0.000246. The first kappa shape index (κ1) is 18.5. The summed E-state index contributed by atoms with van der Waals surface area (Å²) in [4.78, 5) is 15.5. The Morgan fingerprint density at radius 3 is 2.35 bits per heavy atom. The number of piperazine rings is 1. The molecule has 0 bridgehead atoms. The molecule has 2 rings (SSSR count). The highest BCUT2D eigenvalue weighted by atomic mass is 35.5. The zero-order valence-electron chi connectivity index (χ0n) is 13.0. The summed E-state index contributed by atoms with van der Waals surface area (Å²) < 4.78 is 26.7. The number of hydrogen-bond donors (Lipinski definition) is 0. The molecule has 0 unspecified atom stereocenters. The Morgan fingerprint density at radius 1 is 1.17 bits per heavy atom. The van der Waals surface area contributed by atoms with E-state index in [1.165, 1.54) is 16.4 Å². The van der Waals surface area contributed by atoms with Crippen molar-refractivity contribution >= 4 is 39.1 Å². The van der Waals surface area contributed by atoms with Gasteiger partial charge in [0.1, 0.15) is 4.90 Å². The highest BCUT2D eigenvalue weighted by Gasteiger charge is 2.31. The van der Waals surface area contributed by atoms with Crippen LogP contribution in [-0.2, 0) is 14.8 Å². The monoisotopic (exact) mass is 379 g/mol. The lowest BCUT2D eigenvalue weighted by molar-refractivity contribution is -0.133. The standard InChI is InChI=1S/C14H19Cl2N3O3S/c1-17(2)10-14(20)18-5-7-19(8-6-18)23(21,22)13-9-11(15)3-4-12(13)16/h3-4,9H,5-8,10H2,1-2H3. The smallest absolute Gasteiger partial charge is 0.244 e. The topological polar surface area (TPSA) is 60.9 Å². The van der Waals surface area contributed by atoms with E-state index in [1.54, 1.807) is 15.9 Å². The Kier molecular flexibility index (Phi) is 5.91. The minimum atomic E-state index is -3.72. The molecule has 9 heteroatoms. The lowest BCUT2D eigenvalue weighted by Gasteiger charge is -2.34. The molecule has 0 saturated carbocycles. The third-order valence-corrected chi connectivity index (χ3v) is 6.17. The first-order valence-corrected chi connectivity index (χ1v) is 9.29.